The van der Waals surface area contributed by atoms with Gasteiger partial charge in [0, 0.05) is 35.5 Å². The first-order valence-electron chi connectivity index (χ1n) is 9.82. The zero-order valence-corrected chi connectivity index (χ0v) is 17.2. The number of morpholine rings is 1. The number of hydrogen-bond acceptors (Lipinski definition) is 5. The standard InChI is InChI=1S/C22H26N2O3S/c1-3-16-6-7-19-17(13-16)15(2)21(27-19)22(25)23-14-18(20-5-4-12-28-20)24-8-10-26-11-9-24/h4-7,12-13,18H,3,8-11,14H2,1-2H3,(H,23,25)/t18-/m1/s1. The van der Waals surface area contributed by atoms with Crippen LogP contribution in [0.4, 0.5) is 0 Å². The Morgan fingerprint density at radius 3 is 2.82 bits per heavy atom. The number of hydrogen-bond donors (Lipinski definition) is 1. The first-order chi connectivity index (χ1) is 13.7. The SMILES string of the molecule is CCc1ccc2oc(C(=O)NC[C@H](c3cccs3)N3CCOCC3)c(C)c2c1. The van der Waals surface area contributed by atoms with E-state index in [0.29, 0.717) is 12.3 Å². The number of furan rings is 1. The van der Waals surface area contributed by atoms with Crippen LogP contribution in [0.15, 0.2) is 40.1 Å². The minimum Gasteiger partial charge on any atom is -0.451 e. The first kappa shape index (κ1) is 19.2. The monoisotopic (exact) mass is 398 g/mol. The summed E-state index contributed by atoms with van der Waals surface area (Å²) in [7, 11) is 0. The summed E-state index contributed by atoms with van der Waals surface area (Å²) >= 11 is 1.73. The van der Waals surface area contributed by atoms with Crippen LogP contribution in [0, 0.1) is 6.92 Å². The van der Waals surface area contributed by atoms with Gasteiger partial charge in [0.15, 0.2) is 5.76 Å². The molecule has 0 spiro atoms. The van der Waals surface area contributed by atoms with Crippen molar-refractivity contribution in [3.63, 3.8) is 0 Å². The number of aryl methyl sites for hydroxylation is 2. The first-order valence-corrected chi connectivity index (χ1v) is 10.7. The molecule has 2 aromatic heterocycles. The lowest BCUT2D eigenvalue weighted by molar-refractivity contribution is 0.0168. The normalized spacial score (nSPS) is 16.4. The second-order valence-electron chi connectivity index (χ2n) is 7.13. The molecule has 0 radical (unpaired) electrons. The molecule has 1 amide bonds. The van der Waals surface area contributed by atoms with Gasteiger partial charge < -0.3 is 14.5 Å². The lowest BCUT2D eigenvalue weighted by Crippen LogP contribution is -2.43. The maximum atomic E-state index is 12.9. The largest absolute Gasteiger partial charge is 0.451 e. The highest BCUT2D eigenvalue weighted by atomic mass is 32.1. The third-order valence-electron chi connectivity index (χ3n) is 5.43. The van der Waals surface area contributed by atoms with Crippen molar-refractivity contribution < 1.29 is 13.9 Å². The van der Waals surface area contributed by atoms with Crippen molar-refractivity contribution in [2.45, 2.75) is 26.3 Å². The molecule has 6 heteroatoms. The third kappa shape index (κ3) is 3.85. The van der Waals surface area contributed by atoms with Crippen LogP contribution >= 0.6 is 11.3 Å². The second kappa shape index (κ2) is 8.47. The number of ether oxygens (including phenoxy) is 1. The van der Waals surface area contributed by atoms with Crippen molar-refractivity contribution in [1.82, 2.24) is 10.2 Å². The maximum Gasteiger partial charge on any atom is 0.287 e. The van der Waals surface area contributed by atoms with Gasteiger partial charge in [-0.15, -0.1) is 11.3 Å². The van der Waals surface area contributed by atoms with E-state index in [1.165, 1.54) is 10.4 Å². The van der Waals surface area contributed by atoms with Gasteiger partial charge >= 0.3 is 0 Å². The summed E-state index contributed by atoms with van der Waals surface area (Å²) in [6.45, 7) is 7.86. The van der Waals surface area contributed by atoms with Gasteiger partial charge in [-0.1, -0.05) is 19.1 Å². The summed E-state index contributed by atoms with van der Waals surface area (Å²) in [5.41, 5.74) is 2.91. The number of nitrogens with zero attached hydrogens (tertiary/aromatic N) is 1. The van der Waals surface area contributed by atoms with Crippen LogP contribution in [0.2, 0.25) is 0 Å². The van der Waals surface area contributed by atoms with Gasteiger partial charge in [-0.05, 0) is 42.5 Å². The van der Waals surface area contributed by atoms with Crippen molar-refractivity contribution >= 4 is 28.2 Å². The van der Waals surface area contributed by atoms with Crippen LogP contribution in [0.5, 0.6) is 0 Å². The van der Waals surface area contributed by atoms with Crippen LogP contribution in [0.25, 0.3) is 11.0 Å². The van der Waals surface area contributed by atoms with Gasteiger partial charge in [0.2, 0.25) is 0 Å². The molecule has 3 aromatic rings. The van der Waals surface area contributed by atoms with E-state index in [1.807, 2.05) is 13.0 Å². The number of amides is 1. The van der Waals surface area contributed by atoms with Crippen molar-refractivity contribution in [2.75, 3.05) is 32.8 Å². The average Bonchev–Trinajstić information content (AvgIpc) is 3.37. The molecule has 148 valence electrons. The number of carbonyl (C=O) groups is 1. The minimum absolute atomic E-state index is 0.151. The van der Waals surface area contributed by atoms with Gasteiger partial charge in [0.05, 0.1) is 19.3 Å². The Bertz CT molecular complexity index is 942. The predicted molar refractivity (Wildman–Crippen MR) is 112 cm³/mol. The number of rotatable bonds is 6. The molecule has 1 aliphatic rings. The van der Waals surface area contributed by atoms with E-state index in [1.54, 1.807) is 11.3 Å². The van der Waals surface area contributed by atoms with Crippen LogP contribution in [0.1, 0.15) is 39.5 Å². The molecule has 1 fully saturated rings. The topological polar surface area (TPSA) is 54.7 Å². The fraction of sp³-hybridized carbons (Fsp3) is 0.409. The highest BCUT2D eigenvalue weighted by Gasteiger charge is 2.25. The molecule has 0 saturated carbocycles. The van der Waals surface area contributed by atoms with Crippen LogP contribution in [-0.2, 0) is 11.2 Å². The number of benzene rings is 1. The lowest BCUT2D eigenvalue weighted by atomic mass is 10.1. The summed E-state index contributed by atoms with van der Waals surface area (Å²) in [4.78, 5) is 16.5. The Morgan fingerprint density at radius 1 is 1.29 bits per heavy atom. The summed E-state index contributed by atoms with van der Waals surface area (Å²) in [5.74, 6) is 0.261. The van der Waals surface area contributed by atoms with Crippen LogP contribution < -0.4 is 5.32 Å². The molecule has 4 rings (SSSR count). The van der Waals surface area contributed by atoms with Crippen molar-refractivity contribution in [2.24, 2.45) is 0 Å². The fourth-order valence-electron chi connectivity index (χ4n) is 3.75. The minimum atomic E-state index is -0.151. The lowest BCUT2D eigenvalue weighted by Gasteiger charge is -2.34. The third-order valence-corrected chi connectivity index (χ3v) is 6.40. The van der Waals surface area contributed by atoms with E-state index >= 15 is 0 Å². The number of carbonyl (C=O) groups excluding carboxylic acids is 1. The average molecular weight is 399 g/mol. The fourth-order valence-corrected chi connectivity index (χ4v) is 4.61. The molecule has 1 saturated heterocycles. The van der Waals surface area contributed by atoms with Gasteiger partial charge in [0.25, 0.3) is 5.91 Å². The zero-order valence-electron chi connectivity index (χ0n) is 16.4. The van der Waals surface area contributed by atoms with Crippen LogP contribution in [-0.4, -0.2) is 43.7 Å². The molecule has 1 aromatic carbocycles. The molecular weight excluding hydrogens is 372 g/mol. The van der Waals surface area contributed by atoms with Gasteiger partial charge in [-0.3, -0.25) is 9.69 Å². The second-order valence-corrected chi connectivity index (χ2v) is 8.11. The van der Waals surface area contributed by atoms with Gasteiger partial charge in [-0.2, -0.15) is 0 Å². The quantitative estimate of drug-likeness (QED) is 0.677. The molecule has 0 unspecified atom stereocenters. The van der Waals surface area contributed by atoms with E-state index in [0.717, 1.165) is 49.3 Å². The van der Waals surface area contributed by atoms with Crippen molar-refractivity contribution in [1.29, 1.82) is 0 Å². The zero-order chi connectivity index (χ0) is 19.5. The summed E-state index contributed by atoms with van der Waals surface area (Å²) in [5, 5.41) is 6.21. The summed E-state index contributed by atoms with van der Waals surface area (Å²) in [6, 6.07) is 10.5. The van der Waals surface area contributed by atoms with Crippen LogP contribution in [0.3, 0.4) is 0 Å². The Kier molecular flexibility index (Phi) is 5.80. The van der Waals surface area contributed by atoms with Gasteiger partial charge in [-0.25, -0.2) is 0 Å². The number of nitrogens with one attached hydrogen (secondary N) is 1. The Morgan fingerprint density at radius 2 is 2.11 bits per heavy atom. The van der Waals surface area contributed by atoms with Crippen molar-refractivity contribution in [3.05, 3.63) is 57.5 Å². The Hall–Kier alpha value is -2.15. The van der Waals surface area contributed by atoms with E-state index in [2.05, 4.69) is 46.8 Å². The van der Waals surface area contributed by atoms with E-state index in [-0.39, 0.29) is 11.9 Å². The van der Waals surface area contributed by atoms with E-state index in [9.17, 15) is 4.79 Å². The number of fused-ring (bicyclic) bond motifs is 1. The molecule has 0 aliphatic carbocycles. The number of thiophene rings is 1. The smallest absolute Gasteiger partial charge is 0.287 e. The summed E-state index contributed by atoms with van der Waals surface area (Å²) < 4.78 is 11.4. The molecule has 1 atom stereocenters. The highest BCUT2D eigenvalue weighted by molar-refractivity contribution is 7.10. The molecule has 0 bridgehead atoms. The molecular formula is C22H26N2O3S. The molecule has 1 N–H and O–H groups in total. The molecule has 28 heavy (non-hydrogen) atoms. The maximum absolute atomic E-state index is 12.9. The highest BCUT2D eigenvalue weighted by Crippen LogP contribution is 2.28. The Labute approximate surface area is 169 Å². The molecule has 5 nitrogen and oxygen atoms in total. The van der Waals surface area contributed by atoms with Gasteiger partial charge in [0.1, 0.15) is 5.58 Å². The predicted octanol–water partition coefficient (Wildman–Crippen LogP) is 4.17. The van der Waals surface area contributed by atoms with Crippen molar-refractivity contribution in [3.8, 4) is 0 Å². The van der Waals surface area contributed by atoms with E-state index in [4.69, 9.17) is 9.15 Å². The Balaban J connectivity index is 1.52. The molecule has 1 aliphatic heterocycles. The molecule has 3 heterocycles. The van der Waals surface area contributed by atoms with E-state index < -0.39 is 0 Å². The summed E-state index contributed by atoms with van der Waals surface area (Å²) in [6.07, 6.45) is 0.962.